The zero-order chi connectivity index (χ0) is 14.0. The summed E-state index contributed by atoms with van der Waals surface area (Å²) in [4.78, 5) is 4.57. The lowest BCUT2D eigenvalue weighted by molar-refractivity contribution is 0.381. The molecule has 0 saturated heterocycles. The Labute approximate surface area is 116 Å². The molecule has 1 aromatic carbocycles. The van der Waals surface area contributed by atoms with Crippen molar-refractivity contribution in [1.29, 1.82) is 0 Å². The number of hydrogen-bond donors (Lipinski definition) is 0. The minimum Gasteiger partial charge on any atom is -0.338 e. The normalized spacial score (nSPS) is 13.4. The molecule has 0 unspecified atom stereocenters. The van der Waals surface area contributed by atoms with Gasteiger partial charge in [0.2, 0.25) is 11.7 Å². The summed E-state index contributed by atoms with van der Waals surface area (Å²) in [5, 5.41) is 4.03. The molecule has 1 atom stereocenters. The largest absolute Gasteiger partial charge is 0.338 e. The maximum absolute atomic E-state index is 11.4. The molecule has 1 heterocycles. The molecule has 5 nitrogen and oxygen atoms in total. The fourth-order valence-corrected chi connectivity index (χ4v) is 2.40. The van der Waals surface area contributed by atoms with E-state index in [0.29, 0.717) is 11.7 Å². The molecule has 0 saturated carbocycles. The SMILES string of the molecule is CS[C@H](C)c1nc(-c2ccc(S(C)(=O)=O)cc2)no1. The molecule has 0 aliphatic carbocycles. The maximum atomic E-state index is 11.4. The first-order valence-corrected chi connectivity index (χ1v) is 8.76. The van der Waals surface area contributed by atoms with Crippen LogP contribution in [0.4, 0.5) is 0 Å². The third kappa shape index (κ3) is 3.16. The molecule has 0 radical (unpaired) electrons. The molecule has 1 aromatic heterocycles. The number of rotatable bonds is 4. The number of sulfone groups is 1. The summed E-state index contributed by atoms with van der Waals surface area (Å²) in [6, 6.07) is 6.43. The van der Waals surface area contributed by atoms with Crippen LogP contribution >= 0.6 is 11.8 Å². The molecule has 0 bridgehead atoms. The van der Waals surface area contributed by atoms with Gasteiger partial charge in [-0.3, -0.25) is 0 Å². The van der Waals surface area contributed by atoms with Crippen LogP contribution in [0.25, 0.3) is 11.4 Å². The Morgan fingerprint density at radius 3 is 2.42 bits per heavy atom. The molecule has 2 rings (SSSR count). The third-order valence-electron chi connectivity index (χ3n) is 2.68. The van der Waals surface area contributed by atoms with Crippen molar-refractivity contribution < 1.29 is 12.9 Å². The summed E-state index contributed by atoms with van der Waals surface area (Å²) in [5.74, 6) is 1.03. The zero-order valence-corrected chi connectivity index (χ0v) is 12.5. The van der Waals surface area contributed by atoms with Crippen molar-refractivity contribution in [2.75, 3.05) is 12.5 Å². The van der Waals surface area contributed by atoms with E-state index in [9.17, 15) is 8.42 Å². The van der Waals surface area contributed by atoms with Crippen LogP contribution in [-0.4, -0.2) is 31.1 Å². The number of benzene rings is 1. The molecule has 7 heteroatoms. The van der Waals surface area contributed by atoms with Gasteiger partial charge in [-0.25, -0.2) is 8.42 Å². The quantitative estimate of drug-likeness (QED) is 0.863. The fraction of sp³-hybridized carbons (Fsp3) is 0.333. The molecule has 0 aliphatic rings. The monoisotopic (exact) mass is 298 g/mol. The molecule has 0 spiro atoms. The Balaban J connectivity index is 2.30. The Morgan fingerprint density at radius 2 is 1.89 bits per heavy atom. The van der Waals surface area contributed by atoms with Crippen LogP contribution < -0.4 is 0 Å². The molecule has 0 amide bonds. The molecule has 0 aliphatic heterocycles. The first-order chi connectivity index (χ1) is 8.91. The van der Waals surface area contributed by atoms with Crippen LogP contribution in [-0.2, 0) is 9.84 Å². The second-order valence-corrected chi connectivity index (χ2v) is 7.32. The lowest BCUT2D eigenvalue weighted by Gasteiger charge is -1.99. The van der Waals surface area contributed by atoms with Gasteiger partial charge in [0, 0.05) is 11.8 Å². The topological polar surface area (TPSA) is 73.1 Å². The summed E-state index contributed by atoms with van der Waals surface area (Å²) in [5.41, 5.74) is 0.732. The predicted octanol–water partition coefficient (Wildman–Crippen LogP) is 2.56. The van der Waals surface area contributed by atoms with E-state index in [2.05, 4.69) is 10.1 Å². The van der Waals surface area contributed by atoms with E-state index in [4.69, 9.17) is 4.52 Å². The van der Waals surface area contributed by atoms with E-state index in [0.717, 1.165) is 5.56 Å². The van der Waals surface area contributed by atoms with E-state index in [-0.39, 0.29) is 10.1 Å². The molecule has 0 fully saturated rings. The van der Waals surface area contributed by atoms with Gasteiger partial charge in [-0.1, -0.05) is 5.16 Å². The van der Waals surface area contributed by atoms with Crippen LogP contribution in [0.15, 0.2) is 33.7 Å². The zero-order valence-electron chi connectivity index (χ0n) is 10.8. The molecule has 0 N–H and O–H groups in total. The van der Waals surface area contributed by atoms with Gasteiger partial charge in [0.1, 0.15) is 0 Å². The Kier molecular flexibility index (Phi) is 3.96. The molecular weight excluding hydrogens is 284 g/mol. The summed E-state index contributed by atoms with van der Waals surface area (Å²) >= 11 is 1.62. The molecular formula is C12H14N2O3S2. The minimum absolute atomic E-state index is 0.136. The number of aromatic nitrogens is 2. The average Bonchev–Trinajstić information content (AvgIpc) is 2.86. The fourth-order valence-electron chi connectivity index (χ4n) is 1.47. The molecule has 2 aromatic rings. The lowest BCUT2D eigenvalue weighted by Crippen LogP contribution is -1.96. The van der Waals surface area contributed by atoms with E-state index in [1.165, 1.54) is 6.26 Å². The highest BCUT2D eigenvalue weighted by atomic mass is 32.2. The van der Waals surface area contributed by atoms with Gasteiger partial charge in [-0.2, -0.15) is 16.7 Å². The van der Waals surface area contributed by atoms with Crippen molar-refractivity contribution in [3.63, 3.8) is 0 Å². The number of hydrogen-bond acceptors (Lipinski definition) is 6. The summed E-state index contributed by atoms with van der Waals surface area (Å²) < 4.78 is 27.9. The first kappa shape index (κ1) is 14.1. The second-order valence-electron chi connectivity index (χ2n) is 4.13. The van der Waals surface area contributed by atoms with E-state index >= 15 is 0 Å². The van der Waals surface area contributed by atoms with Crippen molar-refractivity contribution in [2.24, 2.45) is 0 Å². The van der Waals surface area contributed by atoms with Gasteiger partial charge >= 0.3 is 0 Å². The Hall–Kier alpha value is -1.34. The van der Waals surface area contributed by atoms with Crippen LogP contribution in [0.3, 0.4) is 0 Å². The summed E-state index contributed by atoms with van der Waals surface area (Å²) in [6.45, 7) is 1.98. The van der Waals surface area contributed by atoms with Crippen LogP contribution in [0.2, 0.25) is 0 Å². The lowest BCUT2D eigenvalue weighted by atomic mass is 10.2. The number of nitrogens with zero attached hydrogens (tertiary/aromatic N) is 2. The van der Waals surface area contributed by atoms with E-state index in [1.807, 2.05) is 13.2 Å². The molecule has 19 heavy (non-hydrogen) atoms. The summed E-state index contributed by atoms with van der Waals surface area (Å²) in [6.07, 6.45) is 3.14. The Bertz CT molecular complexity index is 663. The van der Waals surface area contributed by atoms with Crippen molar-refractivity contribution in [3.8, 4) is 11.4 Å². The van der Waals surface area contributed by atoms with Gasteiger partial charge in [0.25, 0.3) is 0 Å². The van der Waals surface area contributed by atoms with Gasteiger partial charge in [0.15, 0.2) is 9.84 Å². The van der Waals surface area contributed by atoms with Gasteiger partial charge < -0.3 is 4.52 Å². The standard InChI is InChI=1S/C12H14N2O3S2/c1-8(18-2)12-13-11(14-17-12)9-4-6-10(7-5-9)19(3,15)16/h4-8H,1-3H3/t8-/m1/s1. The number of thioether (sulfide) groups is 1. The van der Waals surface area contributed by atoms with E-state index in [1.54, 1.807) is 36.0 Å². The summed E-state index contributed by atoms with van der Waals surface area (Å²) in [7, 11) is -3.18. The predicted molar refractivity (Wildman–Crippen MR) is 74.8 cm³/mol. The van der Waals surface area contributed by atoms with Crippen LogP contribution in [0, 0.1) is 0 Å². The maximum Gasteiger partial charge on any atom is 0.239 e. The smallest absolute Gasteiger partial charge is 0.239 e. The van der Waals surface area contributed by atoms with Gasteiger partial charge in [-0.05, 0) is 37.4 Å². The molecule has 102 valence electrons. The van der Waals surface area contributed by atoms with Crippen molar-refractivity contribution in [1.82, 2.24) is 10.1 Å². The average molecular weight is 298 g/mol. The van der Waals surface area contributed by atoms with Crippen molar-refractivity contribution in [2.45, 2.75) is 17.1 Å². The van der Waals surface area contributed by atoms with Crippen molar-refractivity contribution >= 4 is 21.6 Å². The van der Waals surface area contributed by atoms with Crippen LogP contribution in [0.1, 0.15) is 18.1 Å². The minimum atomic E-state index is -3.18. The highest BCUT2D eigenvalue weighted by Crippen LogP contribution is 2.26. The van der Waals surface area contributed by atoms with Crippen LogP contribution in [0.5, 0.6) is 0 Å². The first-order valence-electron chi connectivity index (χ1n) is 5.58. The van der Waals surface area contributed by atoms with Crippen molar-refractivity contribution in [3.05, 3.63) is 30.2 Å². The van der Waals surface area contributed by atoms with Gasteiger partial charge in [0.05, 0.1) is 10.1 Å². The van der Waals surface area contributed by atoms with Gasteiger partial charge in [-0.15, -0.1) is 0 Å². The third-order valence-corrected chi connectivity index (χ3v) is 4.72. The second kappa shape index (κ2) is 5.34. The highest BCUT2D eigenvalue weighted by Gasteiger charge is 2.14. The Morgan fingerprint density at radius 1 is 1.26 bits per heavy atom. The highest BCUT2D eigenvalue weighted by molar-refractivity contribution is 7.98. The van der Waals surface area contributed by atoms with E-state index < -0.39 is 9.84 Å².